The number of phosphoric acid groups is 2. The van der Waals surface area contributed by atoms with Crippen molar-refractivity contribution in [1.82, 2.24) is 0 Å². The summed E-state index contributed by atoms with van der Waals surface area (Å²) in [6.45, 7) is 7.26. The molecule has 17 nitrogen and oxygen atoms in total. The van der Waals surface area contributed by atoms with E-state index < -0.39 is 97.5 Å². The molecule has 0 aromatic carbocycles. The number of carbonyl (C=O) groups excluding carboxylic acids is 4. The number of hydrogen-bond acceptors (Lipinski definition) is 15. The highest BCUT2D eigenvalue weighted by Crippen LogP contribution is 2.45. The molecule has 0 aromatic rings. The second-order valence-electron chi connectivity index (χ2n) is 30.3. The highest BCUT2D eigenvalue weighted by molar-refractivity contribution is 7.47. The molecule has 0 radical (unpaired) electrons. The van der Waals surface area contributed by atoms with Crippen molar-refractivity contribution in [3.05, 3.63) is 0 Å². The van der Waals surface area contributed by atoms with E-state index in [-0.39, 0.29) is 25.7 Å². The first-order chi connectivity index (χ1) is 49.5. The average molecular weight is 1490 g/mol. The molecule has 0 saturated carbocycles. The third-order valence-corrected chi connectivity index (χ3v) is 21.4. The van der Waals surface area contributed by atoms with E-state index in [1.54, 1.807) is 0 Å². The molecular formula is C83H162O17P2. The summed E-state index contributed by atoms with van der Waals surface area (Å²) < 4.78 is 68.6. The minimum Gasteiger partial charge on any atom is -0.462 e. The fourth-order valence-electron chi connectivity index (χ4n) is 12.9. The van der Waals surface area contributed by atoms with Gasteiger partial charge in [0.2, 0.25) is 0 Å². The van der Waals surface area contributed by atoms with E-state index in [2.05, 4.69) is 34.6 Å². The lowest BCUT2D eigenvalue weighted by Crippen LogP contribution is -2.30. The van der Waals surface area contributed by atoms with Gasteiger partial charge in [-0.15, -0.1) is 0 Å². The lowest BCUT2D eigenvalue weighted by atomic mass is 10.0. The Labute approximate surface area is 626 Å². The van der Waals surface area contributed by atoms with Crippen LogP contribution in [0.5, 0.6) is 0 Å². The fourth-order valence-corrected chi connectivity index (χ4v) is 14.5. The van der Waals surface area contributed by atoms with Gasteiger partial charge >= 0.3 is 39.5 Å². The number of aliphatic hydroxyl groups excluding tert-OH is 1. The molecule has 19 heteroatoms. The van der Waals surface area contributed by atoms with Gasteiger partial charge in [-0.25, -0.2) is 9.13 Å². The van der Waals surface area contributed by atoms with E-state index in [0.29, 0.717) is 25.7 Å². The first kappa shape index (κ1) is 100. The molecule has 0 bridgehead atoms. The summed E-state index contributed by atoms with van der Waals surface area (Å²) in [6, 6.07) is 0. The van der Waals surface area contributed by atoms with E-state index >= 15 is 0 Å². The number of hydrogen-bond donors (Lipinski definition) is 3. The maximum absolute atomic E-state index is 13.1. The first-order valence-electron chi connectivity index (χ1n) is 43.1. The van der Waals surface area contributed by atoms with Gasteiger partial charge in [0.25, 0.3) is 0 Å². The quantitative estimate of drug-likeness (QED) is 0.0222. The topological polar surface area (TPSA) is 237 Å². The molecule has 0 aliphatic carbocycles. The van der Waals surface area contributed by atoms with E-state index in [4.69, 9.17) is 37.0 Å². The Balaban J connectivity index is 5.14. The second-order valence-corrected chi connectivity index (χ2v) is 33.3. The minimum atomic E-state index is -4.96. The smallest absolute Gasteiger partial charge is 0.462 e. The molecule has 0 aliphatic rings. The molecule has 0 amide bonds. The lowest BCUT2D eigenvalue weighted by Gasteiger charge is -2.21. The third kappa shape index (κ3) is 76.3. The Hall–Kier alpha value is -1.94. The van der Waals surface area contributed by atoms with Gasteiger partial charge in [0.15, 0.2) is 12.2 Å². The highest BCUT2D eigenvalue weighted by Gasteiger charge is 2.30. The van der Waals surface area contributed by atoms with Crippen LogP contribution >= 0.6 is 15.6 Å². The van der Waals surface area contributed by atoms with Crippen molar-refractivity contribution < 1.29 is 80.2 Å². The number of carbonyl (C=O) groups is 4. The van der Waals surface area contributed by atoms with Crippen LogP contribution in [-0.2, 0) is 65.4 Å². The number of unbranched alkanes of at least 4 members (excludes halogenated alkanes) is 55. The Bertz CT molecular complexity index is 1940. The molecular weight excluding hydrogens is 1330 g/mol. The van der Waals surface area contributed by atoms with Gasteiger partial charge in [-0.1, -0.05) is 394 Å². The Morgan fingerprint density at radius 2 is 0.451 bits per heavy atom. The van der Waals surface area contributed by atoms with Crippen LogP contribution in [0.4, 0.5) is 0 Å². The van der Waals surface area contributed by atoms with Crippen LogP contribution in [-0.4, -0.2) is 96.7 Å². The monoisotopic (exact) mass is 1490 g/mol. The SMILES string of the molecule is CCCCCCCCCCCCCCCCCCCCCCCCC(=O)O[C@H](COC(=O)CCCCCCCCCCCCCCCCCCCCCCC)COP(=O)(O)OC[C@@H](O)COP(=O)(O)OC[C@@H](COC(=O)CCCCCCCCC)OC(=O)CCCCCCCCCCCC(C)C. The molecule has 606 valence electrons. The molecule has 102 heavy (non-hydrogen) atoms. The van der Waals surface area contributed by atoms with E-state index in [0.717, 1.165) is 109 Å². The molecule has 0 fully saturated rings. The summed E-state index contributed by atoms with van der Waals surface area (Å²) in [5.41, 5.74) is 0. The van der Waals surface area contributed by atoms with Gasteiger partial charge in [0.05, 0.1) is 26.4 Å². The molecule has 0 spiro atoms. The molecule has 5 atom stereocenters. The summed E-state index contributed by atoms with van der Waals surface area (Å²) in [5.74, 6) is -1.38. The minimum absolute atomic E-state index is 0.105. The molecule has 0 aromatic heterocycles. The van der Waals surface area contributed by atoms with Crippen LogP contribution in [0.15, 0.2) is 0 Å². The predicted molar refractivity (Wildman–Crippen MR) is 418 cm³/mol. The fraction of sp³-hybridized carbons (Fsp3) is 0.952. The van der Waals surface area contributed by atoms with Crippen molar-refractivity contribution >= 4 is 39.5 Å². The molecule has 0 heterocycles. The Morgan fingerprint density at radius 3 is 0.667 bits per heavy atom. The summed E-state index contributed by atoms with van der Waals surface area (Å²) in [4.78, 5) is 72.9. The number of rotatable bonds is 83. The van der Waals surface area contributed by atoms with Crippen LogP contribution in [0.3, 0.4) is 0 Å². The van der Waals surface area contributed by atoms with Gasteiger partial charge in [-0.2, -0.15) is 0 Å². The zero-order valence-electron chi connectivity index (χ0n) is 66.8. The van der Waals surface area contributed by atoms with Crippen LogP contribution < -0.4 is 0 Å². The number of aliphatic hydroxyl groups is 1. The van der Waals surface area contributed by atoms with Crippen LogP contribution in [0.2, 0.25) is 0 Å². The van der Waals surface area contributed by atoms with Crippen LogP contribution in [0.25, 0.3) is 0 Å². The van der Waals surface area contributed by atoms with E-state index in [1.165, 1.54) is 257 Å². The average Bonchev–Trinajstić information content (AvgIpc) is 0.940. The molecule has 2 unspecified atom stereocenters. The zero-order valence-corrected chi connectivity index (χ0v) is 68.5. The number of ether oxygens (including phenoxy) is 4. The van der Waals surface area contributed by atoms with Gasteiger partial charge in [0, 0.05) is 25.7 Å². The zero-order chi connectivity index (χ0) is 74.8. The summed E-state index contributed by atoms with van der Waals surface area (Å²) in [7, 11) is -9.91. The summed E-state index contributed by atoms with van der Waals surface area (Å²) in [5, 5.41) is 10.6. The molecule has 0 saturated heterocycles. The number of esters is 4. The van der Waals surface area contributed by atoms with Crippen molar-refractivity contribution in [2.24, 2.45) is 5.92 Å². The maximum atomic E-state index is 13.1. The van der Waals surface area contributed by atoms with Crippen molar-refractivity contribution in [2.75, 3.05) is 39.6 Å². The van der Waals surface area contributed by atoms with Crippen molar-refractivity contribution in [3.8, 4) is 0 Å². The van der Waals surface area contributed by atoms with Crippen molar-refractivity contribution in [2.45, 2.75) is 464 Å². The molecule has 3 N–H and O–H groups in total. The summed E-state index contributed by atoms with van der Waals surface area (Å²) >= 11 is 0. The molecule has 0 rings (SSSR count). The second kappa shape index (κ2) is 75.9. The standard InChI is InChI=1S/C83H162O17P2/c1-6-9-12-15-18-20-22-24-26-28-30-32-34-36-38-40-42-44-48-53-58-63-68-82(87)100-79(73-94-81(86)67-62-57-52-47-43-41-39-37-35-33-31-29-27-25-23-21-19-16-13-10-7-2)75-98-102(91,92)96-71-77(84)70-95-101(89,90)97-74-78(72-93-80(85)66-61-56-50-17-14-11-8-3)99-83(88)69-64-59-54-49-45-46-51-55-60-65-76(4)5/h76-79,84H,6-75H2,1-5H3,(H,89,90)(H,91,92)/t77-,78+,79+/m0/s1. The largest absolute Gasteiger partial charge is 0.472 e. The van der Waals surface area contributed by atoms with Gasteiger partial charge < -0.3 is 33.8 Å². The predicted octanol–water partition coefficient (Wildman–Crippen LogP) is 25.2. The normalized spacial score (nSPS) is 13.8. The van der Waals surface area contributed by atoms with Gasteiger partial charge in [-0.05, 0) is 31.6 Å². The van der Waals surface area contributed by atoms with Crippen molar-refractivity contribution in [3.63, 3.8) is 0 Å². The van der Waals surface area contributed by atoms with E-state index in [1.807, 2.05) is 0 Å². The first-order valence-corrected chi connectivity index (χ1v) is 46.1. The Kier molecular flexibility index (Phi) is 74.4. The van der Waals surface area contributed by atoms with Crippen LogP contribution in [0.1, 0.15) is 446 Å². The van der Waals surface area contributed by atoms with Gasteiger partial charge in [0.1, 0.15) is 19.3 Å². The van der Waals surface area contributed by atoms with Crippen LogP contribution in [0, 0.1) is 5.92 Å². The van der Waals surface area contributed by atoms with Gasteiger partial charge in [-0.3, -0.25) is 37.3 Å². The maximum Gasteiger partial charge on any atom is 0.472 e. The lowest BCUT2D eigenvalue weighted by molar-refractivity contribution is -0.161. The third-order valence-electron chi connectivity index (χ3n) is 19.5. The number of phosphoric ester groups is 2. The van der Waals surface area contributed by atoms with E-state index in [9.17, 15) is 43.2 Å². The highest BCUT2D eigenvalue weighted by atomic mass is 31.2. The molecule has 0 aliphatic heterocycles. The Morgan fingerprint density at radius 1 is 0.265 bits per heavy atom. The summed E-state index contributed by atoms with van der Waals surface area (Å²) in [6.07, 6.45) is 68.5. The van der Waals surface area contributed by atoms with Crippen molar-refractivity contribution in [1.29, 1.82) is 0 Å².